The number of amides is 2. The first-order chi connectivity index (χ1) is 13.9. The fourth-order valence-corrected chi connectivity index (χ4v) is 4.71. The van der Waals surface area contributed by atoms with Gasteiger partial charge >= 0.3 is 0 Å². The van der Waals surface area contributed by atoms with E-state index in [-0.39, 0.29) is 11.8 Å². The molecule has 0 unspecified atom stereocenters. The van der Waals surface area contributed by atoms with Crippen molar-refractivity contribution in [3.05, 3.63) is 35.4 Å². The summed E-state index contributed by atoms with van der Waals surface area (Å²) < 4.78 is 0. The van der Waals surface area contributed by atoms with Crippen LogP contribution in [0.5, 0.6) is 0 Å². The highest BCUT2D eigenvalue weighted by molar-refractivity contribution is 5.94. The van der Waals surface area contributed by atoms with Crippen LogP contribution in [0.1, 0.15) is 49.0 Å². The predicted molar refractivity (Wildman–Crippen MR) is 114 cm³/mol. The first-order valence-electron chi connectivity index (χ1n) is 10.9. The minimum Gasteiger partial charge on any atom is -0.392 e. The highest BCUT2D eigenvalue weighted by Crippen LogP contribution is 2.39. The summed E-state index contributed by atoms with van der Waals surface area (Å²) in [5, 5.41) is 10.9. The monoisotopic (exact) mass is 401 g/mol. The molecular formula is C23H35N3O3. The van der Waals surface area contributed by atoms with Gasteiger partial charge in [-0.15, -0.1) is 0 Å². The van der Waals surface area contributed by atoms with Crippen LogP contribution in [0.25, 0.3) is 0 Å². The van der Waals surface area contributed by atoms with Crippen LogP contribution in [0.3, 0.4) is 0 Å². The first-order valence-corrected chi connectivity index (χ1v) is 10.9. The summed E-state index contributed by atoms with van der Waals surface area (Å²) in [5.74, 6) is 0.143. The molecule has 2 amide bonds. The summed E-state index contributed by atoms with van der Waals surface area (Å²) in [6.45, 7) is 10.6. The Kier molecular flexibility index (Phi) is 6.96. The number of carbonyl (C=O) groups excluding carboxylic acids is 2. The van der Waals surface area contributed by atoms with Crippen molar-refractivity contribution >= 4 is 11.8 Å². The molecule has 1 aromatic rings. The summed E-state index contributed by atoms with van der Waals surface area (Å²) in [5.41, 5.74) is 1.39. The van der Waals surface area contributed by atoms with E-state index in [0.29, 0.717) is 38.2 Å². The molecular weight excluding hydrogens is 366 g/mol. The Morgan fingerprint density at radius 1 is 1.10 bits per heavy atom. The van der Waals surface area contributed by atoms with Gasteiger partial charge in [-0.25, -0.2) is 0 Å². The lowest BCUT2D eigenvalue weighted by molar-refractivity contribution is -0.141. The van der Waals surface area contributed by atoms with Crippen LogP contribution < -0.4 is 0 Å². The number of nitrogens with zero attached hydrogens (tertiary/aromatic N) is 3. The summed E-state index contributed by atoms with van der Waals surface area (Å²) in [6.07, 6.45) is 1.80. The number of aliphatic hydroxyl groups excluding tert-OH is 1. The number of benzene rings is 1. The second-order valence-electron chi connectivity index (χ2n) is 8.64. The molecule has 6 nitrogen and oxygen atoms in total. The number of aliphatic hydroxyl groups is 1. The van der Waals surface area contributed by atoms with Crippen molar-refractivity contribution in [1.82, 2.24) is 14.7 Å². The molecule has 1 spiro atoms. The van der Waals surface area contributed by atoms with E-state index in [2.05, 4.69) is 18.7 Å². The Morgan fingerprint density at radius 2 is 1.76 bits per heavy atom. The van der Waals surface area contributed by atoms with Crippen molar-refractivity contribution in [2.45, 2.75) is 46.1 Å². The lowest BCUT2D eigenvalue weighted by atomic mass is 9.71. The lowest BCUT2D eigenvalue weighted by Gasteiger charge is -2.51. The molecule has 0 aromatic heterocycles. The Labute approximate surface area is 174 Å². The van der Waals surface area contributed by atoms with Gasteiger partial charge in [-0.3, -0.25) is 14.5 Å². The van der Waals surface area contributed by atoms with E-state index in [0.717, 1.165) is 38.0 Å². The van der Waals surface area contributed by atoms with Crippen molar-refractivity contribution in [2.75, 3.05) is 45.8 Å². The van der Waals surface area contributed by atoms with Crippen LogP contribution in [0.15, 0.2) is 24.3 Å². The maximum atomic E-state index is 13.0. The Balaban J connectivity index is 1.72. The number of carbonyl (C=O) groups is 2. The van der Waals surface area contributed by atoms with Crippen molar-refractivity contribution in [3.8, 4) is 0 Å². The Hall–Kier alpha value is -1.92. The molecule has 2 aliphatic rings. The molecule has 1 N–H and O–H groups in total. The molecule has 160 valence electrons. The van der Waals surface area contributed by atoms with E-state index >= 15 is 0 Å². The molecule has 2 saturated heterocycles. The molecule has 2 fully saturated rings. The van der Waals surface area contributed by atoms with E-state index in [1.54, 1.807) is 0 Å². The lowest BCUT2D eigenvalue weighted by Crippen LogP contribution is -2.61. The van der Waals surface area contributed by atoms with Crippen molar-refractivity contribution in [2.24, 2.45) is 5.41 Å². The van der Waals surface area contributed by atoms with Gasteiger partial charge in [0.1, 0.15) is 0 Å². The fourth-order valence-electron chi connectivity index (χ4n) is 4.71. The third-order valence-electron chi connectivity index (χ3n) is 6.69. The molecule has 3 rings (SSSR count). The van der Waals surface area contributed by atoms with Crippen LogP contribution >= 0.6 is 0 Å². The molecule has 6 heteroatoms. The third-order valence-corrected chi connectivity index (χ3v) is 6.69. The highest BCUT2D eigenvalue weighted by Gasteiger charge is 2.47. The molecule has 2 aliphatic heterocycles. The number of likely N-dealkylation sites (tertiary alicyclic amines) is 2. The van der Waals surface area contributed by atoms with Gasteiger partial charge in [-0.05, 0) is 51.4 Å². The summed E-state index contributed by atoms with van der Waals surface area (Å²) in [7, 11) is 0. The largest absolute Gasteiger partial charge is 0.392 e. The average Bonchev–Trinajstić information content (AvgIpc) is 2.74. The van der Waals surface area contributed by atoms with Crippen molar-refractivity contribution < 1.29 is 14.7 Å². The third kappa shape index (κ3) is 4.81. The Bertz CT molecular complexity index is 717. The number of hydrogen-bond acceptors (Lipinski definition) is 4. The van der Waals surface area contributed by atoms with Crippen LogP contribution in [-0.2, 0) is 4.79 Å². The Morgan fingerprint density at radius 3 is 2.41 bits per heavy atom. The van der Waals surface area contributed by atoms with Crippen LogP contribution in [0, 0.1) is 12.3 Å². The van der Waals surface area contributed by atoms with Crippen LogP contribution in [-0.4, -0.2) is 83.5 Å². The highest BCUT2D eigenvalue weighted by atomic mass is 16.3. The second kappa shape index (κ2) is 9.26. The van der Waals surface area contributed by atoms with E-state index in [4.69, 9.17) is 0 Å². The van der Waals surface area contributed by atoms with Gasteiger partial charge in [0.05, 0.1) is 12.6 Å². The molecule has 29 heavy (non-hydrogen) atoms. The number of rotatable bonds is 5. The number of piperidine rings is 2. The van der Waals surface area contributed by atoms with E-state index in [1.807, 2.05) is 41.0 Å². The van der Waals surface area contributed by atoms with Crippen molar-refractivity contribution in [1.29, 1.82) is 0 Å². The quantitative estimate of drug-likeness (QED) is 0.821. The second-order valence-corrected chi connectivity index (χ2v) is 8.64. The predicted octanol–water partition coefficient (Wildman–Crippen LogP) is 2.15. The summed E-state index contributed by atoms with van der Waals surface area (Å²) in [6, 6.07) is 7.65. The van der Waals surface area contributed by atoms with Gasteiger partial charge in [0.2, 0.25) is 5.91 Å². The van der Waals surface area contributed by atoms with Gasteiger partial charge in [0.15, 0.2) is 0 Å². The minimum absolute atomic E-state index is 0.0165. The zero-order valence-electron chi connectivity index (χ0n) is 18.1. The van der Waals surface area contributed by atoms with E-state index < -0.39 is 11.5 Å². The molecule has 0 radical (unpaired) electrons. The smallest absolute Gasteiger partial charge is 0.253 e. The van der Waals surface area contributed by atoms with Gasteiger partial charge in [-0.2, -0.15) is 0 Å². The van der Waals surface area contributed by atoms with Crippen LogP contribution in [0.2, 0.25) is 0 Å². The SMILES string of the molecule is CCN(CC)CC(=O)N1CCC[C@]2(C1)CN(C(=O)c1ccc(C)cc1)CC[C@H]2O. The van der Waals surface area contributed by atoms with Gasteiger partial charge in [-0.1, -0.05) is 31.5 Å². The van der Waals surface area contributed by atoms with Gasteiger partial charge < -0.3 is 14.9 Å². The topological polar surface area (TPSA) is 64.1 Å². The summed E-state index contributed by atoms with van der Waals surface area (Å²) >= 11 is 0. The van der Waals surface area contributed by atoms with Crippen molar-refractivity contribution in [3.63, 3.8) is 0 Å². The summed E-state index contributed by atoms with van der Waals surface area (Å²) in [4.78, 5) is 31.8. The van der Waals surface area contributed by atoms with Crippen LogP contribution in [0.4, 0.5) is 0 Å². The first kappa shape index (κ1) is 21.8. The van der Waals surface area contributed by atoms with E-state index in [9.17, 15) is 14.7 Å². The molecule has 0 bridgehead atoms. The van der Waals surface area contributed by atoms with Gasteiger partial charge in [0, 0.05) is 37.2 Å². The number of aryl methyl sites for hydroxylation is 1. The average molecular weight is 402 g/mol. The zero-order chi connectivity index (χ0) is 21.0. The maximum Gasteiger partial charge on any atom is 0.253 e. The standard InChI is InChI=1S/C23H35N3O3/c1-4-24(5-2)15-21(28)25-13-6-12-23(16-25)17-26(14-11-20(23)27)22(29)19-9-7-18(3)8-10-19/h7-10,20,27H,4-6,11-17H2,1-3H3/t20-,23+/m1/s1. The van der Waals surface area contributed by atoms with Gasteiger partial charge in [0.25, 0.3) is 5.91 Å². The zero-order valence-corrected chi connectivity index (χ0v) is 18.1. The molecule has 2 heterocycles. The molecule has 2 atom stereocenters. The normalized spacial score (nSPS) is 24.9. The minimum atomic E-state index is -0.478. The molecule has 0 aliphatic carbocycles. The molecule has 1 aromatic carbocycles. The maximum absolute atomic E-state index is 13.0. The number of likely N-dealkylation sites (N-methyl/N-ethyl adjacent to an activating group) is 1. The number of hydrogen-bond donors (Lipinski definition) is 1. The molecule has 0 saturated carbocycles. The fraction of sp³-hybridized carbons (Fsp3) is 0.652. The van der Waals surface area contributed by atoms with E-state index in [1.165, 1.54) is 0 Å².